The molecular weight excluding hydrogens is 739 g/mol. The molecule has 0 fully saturated rings. The van der Waals surface area contributed by atoms with E-state index in [4.69, 9.17) is 14.6 Å². The Balaban J connectivity index is 4.47. The van der Waals surface area contributed by atoms with Crippen molar-refractivity contribution in [1.82, 2.24) is 5.32 Å². The van der Waals surface area contributed by atoms with E-state index < -0.39 is 54.9 Å². The average molecular weight is 826 g/mol. The van der Waals surface area contributed by atoms with Gasteiger partial charge in [-0.2, -0.15) is 0 Å². The Hall–Kier alpha value is -2.31. The lowest BCUT2D eigenvalue weighted by Gasteiger charge is -2.26. The first-order chi connectivity index (χ1) is 28.2. The third-order valence-corrected chi connectivity index (χ3v) is 10.6. The SMILES string of the molecule is CCCCCCCCC/C=C/CCCCCCCOC(=O)CC[C@H](NC(=O)[C@H](O)[C@@H](O)[C@H](O)[C@@H](O)CO)C(=O)OCCCCCCC/C=C/CCCCCCCCC. The van der Waals surface area contributed by atoms with Gasteiger partial charge in [0.25, 0.3) is 5.91 Å². The van der Waals surface area contributed by atoms with Gasteiger partial charge in [-0.3, -0.25) is 9.59 Å². The highest BCUT2D eigenvalue weighted by molar-refractivity contribution is 5.87. The Morgan fingerprint density at radius 3 is 1.31 bits per heavy atom. The molecule has 0 aromatic heterocycles. The van der Waals surface area contributed by atoms with E-state index in [0.29, 0.717) is 6.42 Å². The van der Waals surface area contributed by atoms with E-state index >= 15 is 0 Å². The molecule has 0 aliphatic rings. The standard InChI is InChI=1S/C47H87NO10/c1-3-5-7-9-11-13-15-17-19-21-23-25-27-29-31-33-37-57-42(51)36-35-40(48-46(55)45(54)44(53)43(52)41(50)39-49)47(56)58-38-34-32-30-28-26-24-22-20-18-16-14-12-10-8-6-4-2/h19-22,40-41,43-45,49-50,52-54H,3-18,23-39H2,1-2H3,(H,48,55)/b21-19+,22-20+/t40-,41-,43+,44-,45+/m0/s1. The molecule has 0 aromatic carbocycles. The van der Waals surface area contributed by atoms with E-state index in [0.717, 1.165) is 83.5 Å². The first kappa shape index (κ1) is 55.7. The fourth-order valence-electron chi connectivity index (χ4n) is 6.68. The summed E-state index contributed by atoms with van der Waals surface area (Å²) in [4.78, 5) is 38.2. The van der Waals surface area contributed by atoms with Crippen LogP contribution in [0.15, 0.2) is 24.3 Å². The first-order valence-electron chi connectivity index (χ1n) is 23.4. The number of rotatable bonds is 42. The van der Waals surface area contributed by atoms with Crippen molar-refractivity contribution in [2.24, 2.45) is 0 Å². The van der Waals surface area contributed by atoms with Crippen molar-refractivity contribution < 1.29 is 49.4 Å². The number of aliphatic hydroxyl groups excluding tert-OH is 5. The maximum Gasteiger partial charge on any atom is 0.328 e. The van der Waals surface area contributed by atoms with E-state index in [9.17, 15) is 34.8 Å². The van der Waals surface area contributed by atoms with Crippen LogP contribution >= 0.6 is 0 Å². The van der Waals surface area contributed by atoms with Crippen LogP contribution in [0.3, 0.4) is 0 Å². The maximum atomic E-state index is 13.0. The smallest absolute Gasteiger partial charge is 0.328 e. The van der Waals surface area contributed by atoms with Gasteiger partial charge >= 0.3 is 11.9 Å². The Morgan fingerprint density at radius 2 is 0.897 bits per heavy atom. The van der Waals surface area contributed by atoms with E-state index in [1.165, 1.54) is 89.9 Å². The van der Waals surface area contributed by atoms with E-state index in [1.54, 1.807) is 0 Å². The quantitative estimate of drug-likeness (QED) is 0.0198. The van der Waals surface area contributed by atoms with Crippen molar-refractivity contribution in [1.29, 1.82) is 0 Å². The number of hydrogen-bond acceptors (Lipinski definition) is 10. The van der Waals surface area contributed by atoms with Gasteiger partial charge in [-0.1, -0.05) is 154 Å². The van der Waals surface area contributed by atoms with Crippen molar-refractivity contribution in [2.45, 2.75) is 237 Å². The van der Waals surface area contributed by atoms with Crippen LogP contribution in [0.4, 0.5) is 0 Å². The summed E-state index contributed by atoms with van der Waals surface area (Å²) in [5.74, 6) is -2.53. The zero-order valence-corrected chi connectivity index (χ0v) is 36.8. The van der Waals surface area contributed by atoms with Gasteiger partial charge < -0.3 is 40.3 Å². The fourth-order valence-corrected chi connectivity index (χ4v) is 6.68. The number of ether oxygens (including phenoxy) is 2. The van der Waals surface area contributed by atoms with E-state index in [1.807, 2.05) is 0 Å². The molecule has 340 valence electrons. The molecule has 0 aromatic rings. The van der Waals surface area contributed by atoms with Gasteiger partial charge in [-0.05, 0) is 70.6 Å². The van der Waals surface area contributed by atoms with Crippen molar-refractivity contribution in [3.05, 3.63) is 24.3 Å². The van der Waals surface area contributed by atoms with Crippen molar-refractivity contribution in [2.75, 3.05) is 19.8 Å². The molecule has 6 N–H and O–H groups in total. The molecule has 0 saturated heterocycles. The van der Waals surface area contributed by atoms with Crippen molar-refractivity contribution in [3.63, 3.8) is 0 Å². The summed E-state index contributed by atoms with van der Waals surface area (Å²) in [6.07, 6.45) is 33.3. The molecule has 0 rings (SSSR count). The predicted molar refractivity (Wildman–Crippen MR) is 233 cm³/mol. The summed E-state index contributed by atoms with van der Waals surface area (Å²) in [6, 6.07) is -1.32. The highest BCUT2D eigenvalue weighted by atomic mass is 16.5. The molecule has 11 heteroatoms. The molecule has 11 nitrogen and oxygen atoms in total. The van der Waals surface area contributed by atoms with Crippen molar-refractivity contribution >= 4 is 17.8 Å². The summed E-state index contributed by atoms with van der Waals surface area (Å²) in [5, 5.41) is 51.3. The molecule has 0 aliphatic carbocycles. The van der Waals surface area contributed by atoms with Gasteiger partial charge in [-0.15, -0.1) is 0 Å². The second-order valence-corrected chi connectivity index (χ2v) is 16.0. The summed E-state index contributed by atoms with van der Waals surface area (Å²) < 4.78 is 10.8. The molecule has 0 radical (unpaired) electrons. The van der Waals surface area contributed by atoms with Gasteiger partial charge in [0, 0.05) is 6.42 Å². The molecule has 5 atom stereocenters. The first-order valence-corrected chi connectivity index (χ1v) is 23.4. The highest BCUT2D eigenvalue weighted by Gasteiger charge is 2.36. The number of hydrogen-bond donors (Lipinski definition) is 6. The lowest BCUT2D eigenvalue weighted by atomic mass is 10.0. The second-order valence-electron chi connectivity index (χ2n) is 16.0. The summed E-state index contributed by atoms with van der Waals surface area (Å²) in [5.41, 5.74) is 0. The van der Waals surface area contributed by atoms with Crippen LogP contribution in [0.25, 0.3) is 0 Å². The summed E-state index contributed by atoms with van der Waals surface area (Å²) in [7, 11) is 0. The minimum absolute atomic E-state index is 0.121. The Kier molecular flexibility index (Phi) is 39.8. The third kappa shape index (κ3) is 33.5. The lowest BCUT2D eigenvalue weighted by Crippen LogP contribution is -2.54. The zero-order chi connectivity index (χ0) is 42.9. The lowest BCUT2D eigenvalue weighted by molar-refractivity contribution is -0.155. The molecule has 58 heavy (non-hydrogen) atoms. The van der Waals surface area contributed by atoms with E-state index in [-0.39, 0.29) is 26.1 Å². The number of amides is 1. The Bertz CT molecular complexity index is 1020. The maximum absolute atomic E-state index is 13.0. The van der Waals surface area contributed by atoms with Crippen LogP contribution in [0, 0.1) is 0 Å². The number of carbonyl (C=O) groups excluding carboxylic acids is 3. The largest absolute Gasteiger partial charge is 0.466 e. The number of esters is 2. The number of nitrogens with one attached hydrogen (secondary N) is 1. The average Bonchev–Trinajstić information content (AvgIpc) is 3.23. The molecule has 0 spiro atoms. The normalized spacial score (nSPS) is 14.4. The highest BCUT2D eigenvalue weighted by Crippen LogP contribution is 2.13. The summed E-state index contributed by atoms with van der Waals surface area (Å²) in [6.45, 7) is 3.95. The van der Waals surface area contributed by atoms with Crippen LogP contribution in [-0.2, 0) is 23.9 Å². The van der Waals surface area contributed by atoms with Gasteiger partial charge in [0.15, 0.2) is 6.10 Å². The van der Waals surface area contributed by atoms with Gasteiger partial charge in [0.1, 0.15) is 24.4 Å². The summed E-state index contributed by atoms with van der Waals surface area (Å²) >= 11 is 0. The molecule has 0 heterocycles. The molecule has 1 amide bonds. The monoisotopic (exact) mass is 826 g/mol. The van der Waals surface area contributed by atoms with Crippen LogP contribution in [0.1, 0.15) is 206 Å². The minimum atomic E-state index is -2.22. The molecule has 0 unspecified atom stereocenters. The Labute approximate surface area is 352 Å². The molecule has 0 saturated carbocycles. The molecular formula is C47H87NO10. The van der Waals surface area contributed by atoms with Crippen LogP contribution in [0.5, 0.6) is 0 Å². The number of aliphatic hydroxyl groups is 5. The van der Waals surface area contributed by atoms with Crippen LogP contribution in [-0.4, -0.2) is 93.7 Å². The second kappa shape index (κ2) is 41.4. The Morgan fingerprint density at radius 1 is 0.517 bits per heavy atom. The predicted octanol–water partition coefficient (Wildman–Crippen LogP) is 8.85. The molecule has 0 bridgehead atoms. The minimum Gasteiger partial charge on any atom is -0.466 e. The zero-order valence-electron chi connectivity index (χ0n) is 36.8. The number of unbranched alkanes of at least 4 members (excludes halogenated alkanes) is 24. The fraction of sp³-hybridized carbons (Fsp3) is 0.851. The van der Waals surface area contributed by atoms with Crippen LogP contribution in [0.2, 0.25) is 0 Å². The number of carbonyl (C=O) groups is 3. The topological polar surface area (TPSA) is 183 Å². The van der Waals surface area contributed by atoms with Crippen LogP contribution < -0.4 is 5.32 Å². The van der Waals surface area contributed by atoms with E-state index in [2.05, 4.69) is 43.5 Å². The molecule has 0 aliphatic heterocycles. The number of allylic oxidation sites excluding steroid dienone is 4. The van der Waals surface area contributed by atoms with Crippen molar-refractivity contribution in [3.8, 4) is 0 Å². The van der Waals surface area contributed by atoms with Gasteiger partial charge in [-0.25, -0.2) is 4.79 Å². The third-order valence-electron chi connectivity index (χ3n) is 10.6. The van der Waals surface area contributed by atoms with Gasteiger partial charge in [0.2, 0.25) is 0 Å². The van der Waals surface area contributed by atoms with Gasteiger partial charge in [0.05, 0.1) is 19.8 Å².